The zero-order chi connectivity index (χ0) is 29.1. The molecule has 0 saturated carbocycles. The van der Waals surface area contributed by atoms with Gasteiger partial charge in [-0.2, -0.15) is 0 Å². The second-order valence-corrected chi connectivity index (χ2v) is 11.5. The van der Waals surface area contributed by atoms with Crippen molar-refractivity contribution in [1.29, 1.82) is 0 Å². The summed E-state index contributed by atoms with van der Waals surface area (Å²) in [5, 5.41) is 0.586. The van der Waals surface area contributed by atoms with E-state index in [1.807, 2.05) is 78.0 Å². The van der Waals surface area contributed by atoms with Crippen molar-refractivity contribution in [1.82, 2.24) is 0 Å². The van der Waals surface area contributed by atoms with E-state index in [1.54, 1.807) is 0 Å². The van der Waals surface area contributed by atoms with Gasteiger partial charge in [-0.3, -0.25) is 4.79 Å². The van der Waals surface area contributed by atoms with Crippen molar-refractivity contribution in [3.8, 4) is 5.75 Å². The van der Waals surface area contributed by atoms with Crippen LogP contribution < -0.4 is 38.2 Å². The molecule has 1 aromatic heterocycles. The first-order valence-corrected chi connectivity index (χ1v) is 16.3. The van der Waals surface area contributed by atoms with Gasteiger partial charge in [-0.15, -0.1) is 0 Å². The number of unbranched alkanes of at least 4 members (excludes halogenated alkanes) is 11. The number of amides is 1. The number of pyridine rings is 1. The van der Waals surface area contributed by atoms with E-state index in [0.29, 0.717) is 29.5 Å². The topological polar surface area (TPSA) is 33.4 Å². The van der Waals surface area contributed by atoms with Crippen LogP contribution in [0.3, 0.4) is 0 Å². The van der Waals surface area contributed by atoms with Crippen molar-refractivity contribution < 1.29 is 38.1 Å². The first-order valence-electron chi connectivity index (χ1n) is 15.9. The number of anilines is 1. The van der Waals surface area contributed by atoms with Crippen molar-refractivity contribution in [2.75, 3.05) is 11.5 Å². The third kappa shape index (κ3) is 13.0. The molecule has 0 aliphatic heterocycles. The van der Waals surface area contributed by atoms with Crippen molar-refractivity contribution in [2.45, 2.75) is 110 Å². The van der Waals surface area contributed by atoms with Gasteiger partial charge in [0, 0.05) is 18.2 Å². The Labute approximate surface area is 276 Å². The van der Waals surface area contributed by atoms with E-state index in [4.69, 9.17) is 16.3 Å². The SMILES string of the molecule is CCCCCCCCCCCCCCOc1ccc(CN(C(=O)c2ccc[n+](CCC)c2)c2ccccc2)cc1Cl.[I-]. The number of rotatable bonds is 20. The summed E-state index contributed by atoms with van der Waals surface area (Å²) >= 11 is 6.63. The third-order valence-corrected chi connectivity index (χ3v) is 7.79. The lowest BCUT2D eigenvalue weighted by Crippen LogP contribution is -3.00. The van der Waals surface area contributed by atoms with E-state index in [9.17, 15) is 4.79 Å². The number of halogens is 2. The fourth-order valence-electron chi connectivity index (χ4n) is 5.16. The van der Waals surface area contributed by atoms with Crippen molar-refractivity contribution in [3.05, 3.63) is 89.2 Å². The minimum atomic E-state index is -0.0370. The van der Waals surface area contributed by atoms with E-state index in [1.165, 1.54) is 70.6 Å². The van der Waals surface area contributed by atoms with Gasteiger partial charge in [0.05, 0.1) is 18.2 Å². The molecular formula is C36H50ClIN2O2. The number of aryl methyl sites for hydroxylation is 1. The Hall–Kier alpha value is -2.12. The average Bonchev–Trinajstić information content (AvgIpc) is 2.99. The van der Waals surface area contributed by atoms with Crippen LogP contribution in [0.1, 0.15) is 113 Å². The minimum absolute atomic E-state index is 0. The van der Waals surface area contributed by atoms with Crippen LogP contribution in [0.15, 0.2) is 73.1 Å². The molecule has 0 aliphatic rings. The highest BCUT2D eigenvalue weighted by atomic mass is 127. The van der Waals surface area contributed by atoms with Gasteiger partial charge in [-0.1, -0.05) is 120 Å². The molecule has 0 radical (unpaired) electrons. The molecule has 0 bridgehead atoms. The first-order chi connectivity index (χ1) is 20.1. The van der Waals surface area contributed by atoms with Gasteiger partial charge in [-0.25, -0.2) is 4.57 Å². The second-order valence-electron chi connectivity index (χ2n) is 11.1. The highest BCUT2D eigenvalue weighted by Gasteiger charge is 2.21. The molecule has 0 saturated heterocycles. The van der Waals surface area contributed by atoms with Gasteiger partial charge in [0.25, 0.3) is 5.91 Å². The molecular weight excluding hydrogens is 655 g/mol. The quantitative estimate of drug-likeness (QED) is 0.0724. The molecule has 0 atom stereocenters. The lowest BCUT2D eigenvalue weighted by Gasteiger charge is -2.23. The Kier molecular flexibility index (Phi) is 18.5. The number of nitrogens with zero attached hydrogens (tertiary/aromatic N) is 2. The molecule has 4 nitrogen and oxygen atoms in total. The van der Waals surface area contributed by atoms with Gasteiger partial charge in [0.1, 0.15) is 17.9 Å². The van der Waals surface area contributed by atoms with E-state index in [0.717, 1.165) is 30.6 Å². The molecule has 230 valence electrons. The maximum atomic E-state index is 13.7. The van der Waals surface area contributed by atoms with Crippen LogP contribution in [0.5, 0.6) is 5.75 Å². The van der Waals surface area contributed by atoms with Gasteiger partial charge in [-0.05, 0) is 42.3 Å². The second kappa shape index (κ2) is 21.6. The fraction of sp³-hybridized carbons (Fsp3) is 0.500. The maximum absolute atomic E-state index is 13.7. The summed E-state index contributed by atoms with van der Waals surface area (Å²) in [4.78, 5) is 15.5. The highest BCUT2D eigenvalue weighted by Crippen LogP contribution is 2.28. The van der Waals surface area contributed by atoms with Crippen LogP contribution in [-0.2, 0) is 13.1 Å². The Morgan fingerprint density at radius 3 is 2.05 bits per heavy atom. The van der Waals surface area contributed by atoms with Crippen LogP contribution in [0.4, 0.5) is 5.69 Å². The number of carbonyl (C=O) groups excluding carboxylic acids is 1. The number of hydrogen-bond acceptors (Lipinski definition) is 2. The zero-order valence-corrected chi connectivity index (χ0v) is 28.6. The molecule has 1 heterocycles. The monoisotopic (exact) mass is 704 g/mol. The van der Waals surface area contributed by atoms with Crippen LogP contribution in [0, 0.1) is 0 Å². The van der Waals surface area contributed by atoms with Gasteiger partial charge in [0.2, 0.25) is 0 Å². The number of benzene rings is 2. The summed E-state index contributed by atoms with van der Waals surface area (Å²) < 4.78 is 8.08. The Morgan fingerprint density at radius 1 is 0.786 bits per heavy atom. The third-order valence-electron chi connectivity index (χ3n) is 7.49. The number of para-hydroxylation sites is 1. The molecule has 0 aliphatic carbocycles. The van der Waals surface area contributed by atoms with Gasteiger partial charge in [0.15, 0.2) is 12.4 Å². The first kappa shape index (κ1) is 36.1. The fourth-order valence-corrected chi connectivity index (χ4v) is 5.42. The number of hydrogen-bond donors (Lipinski definition) is 0. The Bertz CT molecular complexity index is 1160. The van der Waals surface area contributed by atoms with E-state index in [2.05, 4.69) is 18.4 Å². The van der Waals surface area contributed by atoms with E-state index in [-0.39, 0.29) is 29.9 Å². The lowest BCUT2D eigenvalue weighted by molar-refractivity contribution is -0.697. The van der Waals surface area contributed by atoms with Crippen molar-refractivity contribution in [3.63, 3.8) is 0 Å². The summed E-state index contributed by atoms with van der Waals surface area (Å²) in [7, 11) is 0. The number of ether oxygens (including phenoxy) is 1. The van der Waals surface area contributed by atoms with Crippen LogP contribution in [0.2, 0.25) is 5.02 Å². The lowest BCUT2D eigenvalue weighted by atomic mass is 10.1. The molecule has 42 heavy (non-hydrogen) atoms. The molecule has 3 aromatic rings. The van der Waals surface area contributed by atoms with Gasteiger partial charge < -0.3 is 33.6 Å². The Morgan fingerprint density at radius 2 is 1.43 bits per heavy atom. The maximum Gasteiger partial charge on any atom is 0.264 e. The molecule has 0 fully saturated rings. The average molecular weight is 705 g/mol. The van der Waals surface area contributed by atoms with Crippen LogP contribution in [0.25, 0.3) is 0 Å². The largest absolute Gasteiger partial charge is 1.00 e. The predicted octanol–water partition coefficient (Wildman–Crippen LogP) is 6.97. The minimum Gasteiger partial charge on any atom is -1.00 e. The summed E-state index contributed by atoms with van der Waals surface area (Å²) in [6.07, 6.45) is 20.8. The molecule has 2 aromatic carbocycles. The summed E-state index contributed by atoms with van der Waals surface area (Å²) in [5.41, 5.74) is 2.48. The number of carbonyl (C=O) groups is 1. The highest BCUT2D eigenvalue weighted by molar-refractivity contribution is 6.32. The number of aromatic nitrogens is 1. The van der Waals surface area contributed by atoms with Crippen molar-refractivity contribution >= 4 is 23.2 Å². The van der Waals surface area contributed by atoms with Crippen molar-refractivity contribution in [2.24, 2.45) is 0 Å². The smallest absolute Gasteiger partial charge is 0.264 e. The molecule has 0 spiro atoms. The van der Waals surface area contributed by atoms with Crippen LogP contribution >= 0.6 is 11.6 Å². The summed E-state index contributed by atoms with van der Waals surface area (Å²) in [5.74, 6) is 0.671. The standard InChI is InChI=1S/C36H50ClN2O2.HI/c1-3-5-6-7-8-9-10-11-12-13-14-18-27-41-35-24-23-31(28-34(35)37)29-39(33-21-16-15-17-22-33)36(40)32-20-19-26-38(30-32)25-4-2;/h15-17,19-24,26,28,30H,3-14,18,25,27,29H2,1-2H3;1H/q+1;/p-1. The predicted molar refractivity (Wildman–Crippen MR) is 172 cm³/mol. The van der Waals surface area contributed by atoms with E-state index >= 15 is 0 Å². The zero-order valence-electron chi connectivity index (χ0n) is 25.7. The van der Waals surface area contributed by atoms with Gasteiger partial charge >= 0.3 is 0 Å². The molecule has 6 heteroatoms. The normalized spacial score (nSPS) is 10.7. The summed E-state index contributed by atoms with van der Waals surface area (Å²) in [6.45, 7) is 6.38. The molecule has 0 N–H and O–H groups in total. The van der Waals surface area contributed by atoms with Crippen LogP contribution in [-0.4, -0.2) is 12.5 Å². The summed E-state index contributed by atoms with van der Waals surface area (Å²) in [6, 6.07) is 19.5. The molecule has 1 amide bonds. The Balaban J connectivity index is 0.00000616. The molecule has 0 unspecified atom stereocenters. The molecule has 3 rings (SSSR count). The van der Waals surface area contributed by atoms with E-state index < -0.39 is 0 Å².